The molecule has 0 spiro atoms. The molecule has 3 aliphatic rings. The first kappa shape index (κ1) is 18.7. The van der Waals surface area contributed by atoms with E-state index in [0.29, 0.717) is 19.3 Å². The van der Waals surface area contributed by atoms with Crippen LogP contribution in [0.5, 0.6) is 11.5 Å². The predicted molar refractivity (Wildman–Crippen MR) is 96.3 cm³/mol. The second-order valence-electron chi connectivity index (χ2n) is 7.97. The molecule has 27 heavy (non-hydrogen) atoms. The van der Waals surface area contributed by atoms with Crippen LogP contribution in [-0.4, -0.2) is 21.5 Å². The van der Waals surface area contributed by atoms with Crippen LogP contribution in [0.4, 0.5) is 8.78 Å². The fraction of sp³-hybridized carbons (Fsp3) is 0.579. The molecule has 2 N–H and O–H groups in total. The Bertz CT molecular complexity index is 928. The number of halogens is 2. The van der Waals surface area contributed by atoms with E-state index >= 15 is 0 Å². The SMILES string of the molecule is COc1cc2c(cc1OS(N)(=O)=O)CCC1C3=CCC(F)(F)[C@@]3(C)CCC21. The number of methoxy groups -OCH3 is 1. The van der Waals surface area contributed by atoms with Gasteiger partial charge in [0.1, 0.15) is 0 Å². The van der Waals surface area contributed by atoms with Gasteiger partial charge >= 0.3 is 10.3 Å². The molecule has 3 aliphatic carbocycles. The van der Waals surface area contributed by atoms with Crippen LogP contribution in [0.2, 0.25) is 0 Å². The lowest BCUT2D eigenvalue weighted by Crippen LogP contribution is -2.43. The van der Waals surface area contributed by atoms with Crippen molar-refractivity contribution in [3.63, 3.8) is 0 Å². The molecule has 1 saturated carbocycles. The highest BCUT2D eigenvalue weighted by molar-refractivity contribution is 7.84. The molecular formula is C19H23F2NO4S. The van der Waals surface area contributed by atoms with Crippen molar-refractivity contribution in [2.75, 3.05) is 7.11 Å². The Morgan fingerprint density at radius 1 is 1.19 bits per heavy atom. The van der Waals surface area contributed by atoms with Crippen LogP contribution in [0, 0.1) is 11.3 Å². The highest BCUT2D eigenvalue weighted by Gasteiger charge is 2.59. The summed E-state index contributed by atoms with van der Waals surface area (Å²) in [6, 6.07) is 3.43. The van der Waals surface area contributed by atoms with Gasteiger partial charge in [0.15, 0.2) is 11.5 Å². The Morgan fingerprint density at radius 3 is 2.59 bits per heavy atom. The van der Waals surface area contributed by atoms with E-state index < -0.39 is 21.6 Å². The zero-order chi connectivity index (χ0) is 19.6. The predicted octanol–water partition coefficient (Wildman–Crippen LogP) is 3.69. The first-order valence-electron chi connectivity index (χ1n) is 9.07. The molecule has 4 rings (SSSR count). The average molecular weight is 399 g/mol. The van der Waals surface area contributed by atoms with Gasteiger partial charge in [0.25, 0.3) is 5.92 Å². The monoisotopic (exact) mass is 399 g/mol. The summed E-state index contributed by atoms with van der Waals surface area (Å²) in [4.78, 5) is 0. The molecule has 8 heteroatoms. The average Bonchev–Trinajstić information content (AvgIpc) is 2.82. The Kier molecular flexibility index (Phi) is 4.09. The van der Waals surface area contributed by atoms with Crippen LogP contribution in [0.25, 0.3) is 0 Å². The van der Waals surface area contributed by atoms with Gasteiger partial charge in [-0.25, -0.2) is 8.78 Å². The molecule has 1 aromatic rings. The van der Waals surface area contributed by atoms with Crippen molar-refractivity contribution in [2.45, 2.75) is 50.9 Å². The molecule has 2 unspecified atom stereocenters. The van der Waals surface area contributed by atoms with Crippen LogP contribution < -0.4 is 14.1 Å². The number of nitrogens with two attached hydrogens (primary N) is 1. The maximum atomic E-state index is 14.5. The third-order valence-electron chi connectivity index (χ3n) is 6.62. The second-order valence-corrected chi connectivity index (χ2v) is 9.12. The second kappa shape index (κ2) is 5.91. The van der Waals surface area contributed by atoms with Gasteiger partial charge in [-0.2, -0.15) is 13.6 Å². The van der Waals surface area contributed by atoms with E-state index in [1.165, 1.54) is 7.11 Å². The third kappa shape index (κ3) is 2.84. The number of benzene rings is 1. The molecule has 1 fully saturated rings. The number of alkyl halides is 2. The highest BCUT2D eigenvalue weighted by Crippen LogP contribution is 2.63. The van der Waals surface area contributed by atoms with E-state index in [1.54, 1.807) is 25.1 Å². The topological polar surface area (TPSA) is 78.6 Å². The van der Waals surface area contributed by atoms with Crippen LogP contribution in [0.15, 0.2) is 23.8 Å². The number of hydrogen-bond acceptors (Lipinski definition) is 4. The molecule has 0 aliphatic heterocycles. The number of allylic oxidation sites excluding steroid dienone is 2. The lowest BCUT2D eigenvalue weighted by molar-refractivity contribution is -0.0961. The summed E-state index contributed by atoms with van der Waals surface area (Å²) in [5.74, 6) is -2.14. The smallest absolute Gasteiger partial charge is 0.380 e. The summed E-state index contributed by atoms with van der Waals surface area (Å²) in [5, 5.41) is 4.99. The number of hydrogen-bond donors (Lipinski definition) is 1. The Morgan fingerprint density at radius 2 is 1.93 bits per heavy atom. The lowest BCUT2D eigenvalue weighted by Gasteiger charge is -2.48. The van der Waals surface area contributed by atoms with Gasteiger partial charge in [0, 0.05) is 6.42 Å². The number of rotatable bonds is 3. The number of aryl methyl sites for hydroxylation is 1. The minimum atomic E-state index is -4.16. The highest BCUT2D eigenvalue weighted by atomic mass is 32.2. The molecule has 0 heterocycles. The Balaban J connectivity index is 1.73. The van der Waals surface area contributed by atoms with E-state index in [2.05, 4.69) is 0 Å². The van der Waals surface area contributed by atoms with Crippen LogP contribution in [0.1, 0.15) is 49.7 Å². The van der Waals surface area contributed by atoms with Gasteiger partial charge in [0.2, 0.25) is 0 Å². The summed E-state index contributed by atoms with van der Waals surface area (Å²) in [5.41, 5.74) is 1.83. The van der Waals surface area contributed by atoms with Crippen LogP contribution in [0.3, 0.4) is 0 Å². The molecule has 5 nitrogen and oxygen atoms in total. The van der Waals surface area contributed by atoms with E-state index in [0.717, 1.165) is 23.1 Å². The first-order chi connectivity index (χ1) is 12.6. The molecule has 0 radical (unpaired) electrons. The van der Waals surface area contributed by atoms with Crippen molar-refractivity contribution in [3.8, 4) is 11.5 Å². The lowest BCUT2D eigenvalue weighted by atomic mass is 9.57. The summed E-state index contributed by atoms with van der Waals surface area (Å²) < 4.78 is 61.7. The van der Waals surface area contributed by atoms with Crippen molar-refractivity contribution >= 4 is 10.3 Å². The molecule has 0 amide bonds. The van der Waals surface area contributed by atoms with Crippen molar-refractivity contribution in [2.24, 2.45) is 16.5 Å². The Hall–Kier alpha value is -1.67. The standard InChI is InChI=1S/C19H23F2NO4S/c1-18-7-5-12-13(15(18)6-8-19(18,20)21)4-3-11-9-17(26-27(22,23)24)16(25-2)10-14(11)12/h6,9-10,12-13H,3-5,7-8H2,1-2H3,(H2,22,23,24)/t12?,13?,18-/m0/s1. The first-order valence-corrected chi connectivity index (χ1v) is 10.5. The fourth-order valence-electron chi connectivity index (χ4n) is 5.22. The quantitative estimate of drug-likeness (QED) is 0.787. The summed E-state index contributed by atoms with van der Waals surface area (Å²) in [6.07, 6.45) is 4.09. The number of fused-ring (bicyclic) bond motifs is 5. The maximum Gasteiger partial charge on any atom is 0.380 e. The zero-order valence-electron chi connectivity index (χ0n) is 15.3. The van der Waals surface area contributed by atoms with Crippen LogP contribution >= 0.6 is 0 Å². The summed E-state index contributed by atoms with van der Waals surface area (Å²) in [7, 11) is -2.74. The minimum Gasteiger partial charge on any atom is -0.493 e. The fourth-order valence-corrected chi connectivity index (χ4v) is 5.60. The zero-order valence-corrected chi connectivity index (χ0v) is 16.1. The van der Waals surface area contributed by atoms with Crippen LogP contribution in [-0.2, 0) is 16.7 Å². The van der Waals surface area contributed by atoms with Gasteiger partial charge in [-0.1, -0.05) is 18.6 Å². The molecule has 0 aromatic heterocycles. The van der Waals surface area contributed by atoms with Gasteiger partial charge in [0.05, 0.1) is 12.5 Å². The van der Waals surface area contributed by atoms with Crippen molar-refractivity contribution in [3.05, 3.63) is 34.9 Å². The molecule has 0 saturated heterocycles. The number of ether oxygens (including phenoxy) is 1. The largest absolute Gasteiger partial charge is 0.493 e. The van der Waals surface area contributed by atoms with E-state index in [9.17, 15) is 17.2 Å². The van der Waals surface area contributed by atoms with Crippen molar-refractivity contribution in [1.29, 1.82) is 0 Å². The minimum absolute atomic E-state index is 0.0597. The van der Waals surface area contributed by atoms with Gasteiger partial charge in [-0.3, -0.25) is 0 Å². The van der Waals surface area contributed by atoms with E-state index in [4.69, 9.17) is 14.1 Å². The Labute approximate surface area is 157 Å². The molecule has 0 bridgehead atoms. The molecular weight excluding hydrogens is 376 g/mol. The molecule has 1 aromatic carbocycles. The summed E-state index contributed by atoms with van der Waals surface area (Å²) >= 11 is 0. The van der Waals surface area contributed by atoms with E-state index in [-0.39, 0.29) is 29.8 Å². The maximum absolute atomic E-state index is 14.5. The van der Waals surface area contributed by atoms with Crippen molar-refractivity contribution < 1.29 is 26.1 Å². The van der Waals surface area contributed by atoms with Gasteiger partial charge < -0.3 is 8.92 Å². The molecule has 148 valence electrons. The van der Waals surface area contributed by atoms with Gasteiger partial charge in [-0.15, -0.1) is 0 Å². The third-order valence-corrected chi connectivity index (χ3v) is 7.03. The summed E-state index contributed by atoms with van der Waals surface area (Å²) in [6.45, 7) is 1.70. The van der Waals surface area contributed by atoms with Gasteiger partial charge in [-0.05, 0) is 60.8 Å². The van der Waals surface area contributed by atoms with Crippen molar-refractivity contribution in [1.82, 2.24) is 0 Å². The molecule has 3 atom stereocenters. The normalized spacial score (nSPS) is 31.4. The van der Waals surface area contributed by atoms with E-state index in [1.807, 2.05) is 0 Å².